The van der Waals surface area contributed by atoms with E-state index in [0.717, 1.165) is 0 Å². The third kappa shape index (κ3) is 2.97. The fraction of sp³-hybridized carbons (Fsp3) is 0.333. The lowest BCUT2D eigenvalue weighted by atomic mass is 10.5. The van der Waals surface area contributed by atoms with Gasteiger partial charge in [0.15, 0.2) is 6.61 Å². The van der Waals surface area contributed by atoms with Gasteiger partial charge in [0, 0.05) is 0 Å². The average Bonchev–Trinajstić information content (AvgIpc) is 2.14. The molecular weight excluding hydrogens is 216 g/mol. The van der Waals surface area contributed by atoms with Gasteiger partial charge in [-0.25, -0.2) is 8.78 Å². The molecule has 0 fully saturated rings. The fourth-order valence-corrected chi connectivity index (χ4v) is 0.687. The van der Waals surface area contributed by atoms with Gasteiger partial charge in [-0.3, -0.25) is 10.1 Å². The van der Waals surface area contributed by atoms with Crippen molar-refractivity contribution in [2.24, 2.45) is 0 Å². The van der Waals surface area contributed by atoms with Gasteiger partial charge < -0.3 is 9.84 Å². The molecule has 9 heteroatoms. The molecule has 0 radical (unpaired) electrons. The first kappa shape index (κ1) is 11.0. The van der Waals surface area contributed by atoms with Gasteiger partial charge in [0.25, 0.3) is 12.3 Å². The molecule has 1 aromatic rings. The third-order valence-electron chi connectivity index (χ3n) is 1.26. The summed E-state index contributed by atoms with van der Waals surface area (Å²) in [6.07, 6.45) is -2.05. The number of aromatic hydroxyl groups is 1. The summed E-state index contributed by atoms with van der Waals surface area (Å²) in [5.74, 6) is -0.931. The van der Waals surface area contributed by atoms with Crippen LogP contribution in [0, 0.1) is 10.1 Å². The van der Waals surface area contributed by atoms with Gasteiger partial charge in [0.05, 0.1) is 4.92 Å². The van der Waals surface area contributed by atoms with Crippen molar-refractivity contribution in [3.05, 3.63) is 16.3 Å². The van der Waals surface area contributed by atoms with Gasteiger partial charge in [-0.15, -0.1) is 0 Å². The summed E-state index contributed by atoms with van der Waals surface area (Å²) in [5, 5.41) is 19.2. The first-order valence-electron chi connectivity index (χ1n) is 3.62. The lowest BCUT2D eigenvalue weighted by Crippen LogP contribution is -2.09. The molecule has 0 spiro atoms. The summed E-state index contributed by atoms with van der Waals surface area (Å²) >= 11 is 0. The fourth-order valence-electron chi connectivity index (χ4n) is 0.687. The Labute approximate surface area is 81.5 Å². The highest BCUT2D eigenvalue weighted by Crippen LogP contribution is 2.23. The second kappa shape index (κ2) is 4.44. The topological polar surface area (TPSA) is 98.4 Å². The van der Waals surface area contributed by atoms with Gasteiger partial charge in [0.2, 0.25) is 0 Å². The quantitative estimate of drug-likeness (QED) is 0.594. The number of alkyl halides is 2. The van der Waals surface area contributed by atoms with Crippen molar-refractivity contribution < 1.29 is 23.5 Å². The number of ether oxygens (including phenoxy) is 1. The van der Waals surface area contributed by atoms with Crippen LogP contribution in [0.2, 0.25) is 0 Å². The first-order chi connectivity index (χ1) is 7.00. The Morgan fingerprint density at radius 2 is 2.33 bits per heavy atom. The van der Waals surface area contributed by atoms with Gasteiger partial charge in [-0.2, -0.15) is 9.97 Å². The largest absolute Gasteiger partial charge is 0.488 e. The molecule has 0 atom stereocenters. The standard InChI is InChI=1S/C6H5F2N3O4/c7-4(8)2-15-6-9-1-3(11(13)14)5(12)10-6/h1,4H,2H2,(H,9,10,12). The zero-order chi connectivity index (χ0) is 11.4. The van der Waals surface area contributed by atoms with Crippen LogP contribution in [-0.4, -0.2) is 33.0 Å². The Morgan fingerprint density at radius 3 is 2.80 bits per heavy atom. The molecule has 0 saturated heterocycles. The maximum absolute atomic E-state index is 11.7. The Bertz CT molecular complexity index is 373. The lowest BCUT2D eigenvalue weighted by molar-refractivity contribution is -0.386. The number of hydrogen-bond acceptors (Lipinski definition) is 6. The van der Waals surface area contributed by atoms with Crippen LogP contribution in [0.4, 0.5) is 14.5 Å². The zero-order valence-corrected chi connectivity index (χ0v) is 7.13. The van der Waals surface area contributed by atoms with Crippen molar-refractivity contribution in [3.8, 4) is 11.9 Å². The van der Waals surface area contributed by atoms with E-state index in [1.807, 2.05) is 0 Å². The molecule has 15 heavy (non-hydrogen) atoms. The normalized spacial score (nSPS) is 10.3. The molecule has 0 aliphatic rings. The van der Waals surface area contributed by atoms with Crippen molar-refractivity contribution in [2.75, 3.05) is 6.61 Å². The summed E-state index contributed by atoms with van der Waals surface area (Å²) in [5.41, 5.74) is -0.723. The van der Waals surface area contributed by atoms with Crippen LogP contribution in [0.3, 0.4) is 0 Å². The number of halogens is 2. The zero-order valence-electron chi connectivity index (χ0n) is 7.13. The van der Waals surface area contributed by atoms with Crippen LogP contribution in [-0.2, 0) is 0 Å². The molecule has 1 N–H and O–H groups in total. The van der Waals surface area contributed by atoms with E-state index in [0.29, 0.717) is 6.20 Å². The Hall–Kier alpha value is -2.06. The van der Waals surface area contributed by atoms with Gasteiger partial charge in [-0.1, -0.05) is 0 Å². The monoisotopic (exact) mass is 221 g/mol. The molecule has 0 saturated carbocycles. The van der Waals surface area contributed by atoms with E-state index in [-0.39, 0.29) is 0 Å². The second-order valence-corrected chi connectivity index (χ2v) is 2.32. The Kier molecular flexibility index (Phi) is 3.26. The van der Waals surface area contributed by atoms with Crippen molar-refractivity contribution in [1.29, 1.82) is 0 Å². The van der Waals surface area contributed by atoms with Crippen LogP contribution in [0.1, 0.15) is 0 Å². The van der Waals surface area contributed by atoms with Crippen LogP contribution >= 0.6 is 0 Å². The lowest BCUT2D eigenvalue weighted by Gasteiger charge is -2.02. The molecule has 1 rings (SSSR count). The highest BCUT2D eigenvalue weighted by molar-refractivity contribution is 5.37. The van der Waals surface area contributed by atoms with Crippen LogP contribution in [0.25, 0.3) is 0 Å². The predicted octanol–water partition coefficient (Wildman–Crippen LogP) is 0.734. The highest BCUT2D eigenvalue weighted by atomic mass is 19.3. The summed E-state index contributed by atoms with van der Waals surface area (Å²) < 4.78 is 27.7. The van der Waals surface area contributed by atoms with Crippen LogP contribution < -0.4 is 4.74 Å². The number of nitro groups is 1. The van der Waals surface area contributed by atoms with Crippen molar-refractivity contribution in [3.63, 3.8) is 0 Å². The Morgan fingerprint density at radius 1 is 1.67 bits per heavy atom. The van der Waals surface area contributed by atoms with Crippen molar-refractivity contribution >= 4 is 5.69 Å². The molecule has 1 aromatic heterocycles. The molecule has 0 amide bonds. The minimum Gasteiger partial charge on any atom is -0.488 e. The SMILES string of the molecule is O=[N+]([O-])c1cnc(OCC(F)F)nc1O. The Balaban J connectivity index is 2.78. The second-order valence-electron chi connectivity index (χ2n) is 2.32. The van der Waals surface area contributed by atoms with Gasteiger partial charge in [0.1, 0.15) is 6.20 Å². The van der Waals surface area contributed by atoms with Gasteiger partial charge >= 0.3 is 11.7 Å². The molecule has 0 aliphatic heterocycles. The molecule has 0 unspecified atom stereocenters. The van der Waals surface area contributed by atoms with E-state index in [1.54, 1.807) is 0 Å². The van der Waals surface area contributed by atoms with E-state index < -0.39 is 35.5 Å². The first-order valence-corrected chi connectivity index (χ1v) is 3.62. The summed E-state index contributed by atoms with van der Waals surface area (Å²) in [4.78, 5) is 15.7. The van der Waals surface area contributed by atoms with E-state index >= 15 is 0 Å². The van der Waals surface area contributed by atoms with Gasteiger partial charge in [-0.05, 0) is 0 Å². The van der Waals surface area contributed by atoms with Crippen LogP contribution in [0.5, 0.6) is 11.9 Å². The van der Waals surface area contributed by atoms with E-state index in [1.165, 1.54) is 0 Å². The number of aromatic nitrogens is 2. The van der Waals surface area contributed by atoms with Crippen molar-refractivity contribution in [1.82, 2.24) is 9.97 Å². The molecule has 0 aliphatic carbocycles. The summed E-state index contributed by atoms with van der Waals surface area (Å²) in [6, 6.07) is -0.543. The van der Waals surface area contributed by atoms with Crippen molar-refractivity contribution in [2.45, 2.75) is 6.43 Å². The molecule has 0 aromatic carbocycles. The number of rotatable bonds is 4. The van der Waals surface area contributed by atoms with Crippen LogP contribution in [0.15, 0.2) is 6.20 Å². The minimum absolute atomic E-state index is 0.543. The highest BCUT2D eigenvalue weighted by Gasteiger charge is 2.17. The smallest absolute Gasteiger partial charge is 0.349 e. The summed E-state index contributed by atoms with van der Waals surface area (Å²) in [7, 11) is 0. The maximum Gasteiger partial charge on any atom is 0.349 e. The van der Waals surface area contributed by atoms with E-state index in [4.69, 9.17) is 5.11 Å². The average molecular weight is 221 g/mol. The van der Waals surface area contributed by atoms with E-state index in [9.17, 15) is 18.9 Å². The molecule has 7 nitrogen and oxygen atoms in total. The van der Waals surface area contributed by atoms with E-state index in [2.05, 4.69) is 14.7 Å². The molecule has 1 heterocycles. The minimum atomic E-state index is -2.72. The third-order valence-corrected chi connectivity index (χ3v) is 1.26. The molecule has 0 bridgehead atoms. The number of nitrogens with zero attached hydrogens (tertiary/aromatic N) is 3. The molecule has 82 valence electrons. The summed E-state index contributed by atoms with van der Waals surface area (Å²) in [6.45, 7) is -0.947. The maximum atomic E-state index is 11.7. The molecular formula is C6H5F2N3O4. The number of hydrogen-bond donors (Lipinski definition) is 1. The predicted molar refractivity (Wildman–Crippen MR) is 41.9 cm³/mol.